The third-order valence-corrected chi connectivity index (χ3v) is 5.65. The lowest BCUT2D eigenvalue weighted by Gasteiger charge is -2.30. The van der Waals surface area contributed by atoms with Crippen LogP contribution in [0.4, 0.5) is 8.78 Å². The van der Waals surface area contributed by atoms with Crippen molar-refractivity contribution in [2.24, 2.45) is 10.9 Å². The lowest BCUT2D eigenvalue weighted by atomic mass is 9.98. The second-order valence-electron chi connectivity index (χ2n) is 6.43. The number of rotatable bonds is 6. The molecule has 0 atom stereocenters. The number of guanidine groups is 1. The molecule has 1 aromatic rings. The number of halogens is 3. The van der Waals surface area contributed by atoms with Gasteiger partial charge >= 0.3 is 0 Å². The minimum atomic E-state index is -3.12. The van der Waals surface area contributed by atoms with Crippen LogP contribution in [0, 0.1) is 17.6 Å². The lowest BCUT2D eigenvalue weighted by Crippen LogP contribution is -2.44. The first-order valence-electron chi connectivity index (χ1n) is 8.70. The Morgan fingerprint density at radius 1 is 1.22 bits per heavy atom. The smallest absolute Gasteiger partial charge is 0.211 e. The standard InChI is InChI=1S/C17H26F2N4O2S.HI/c1-3-20-17(22-12-14-4-5-15(18)16(19)10-14)21-11-13-6-8-23(9-7-13)26(2,24)25;/h4-5,10,13H,3,6-9,11-12H2,1-2H3,(H2,20,21,22);1H. The minimum Gasteiger partial charge on any atom is -0.357 e. The maximum Gasteiger partial charge on any atom is 0.211 e. The zero-order chi connectivity index (χ0) is 19.2. The van der Waals surface area contributed by atoms with Crippen LogP contribution in [-0.4, -0.2) is 51.1 Å². The van der Waals surface area contributed by atoms with Crippen LogP contribution in [-0.2, 0) is 16.6 Å². The maximum atomic E-state index is 13.3. The van der Waals surface area contributed by atoms with Gasteiger partial charge in [0, 0.05) is 26.2 Å². The molecule has 1 heterocycles. The fraction of sp³-hybridized carbons (Fsp3) is 0.588. The Kier molecular flexibility index (Phi) is 9.88. The molecule has 1 fully saturated rings. The van der Waals surface area contributed by atoms with Crippen LogP contribution < -0.4 is 10.6 Å². The van der Waals surface area contributed by atoms with Gasteiger partial charge in [-0.05, 0) is 43.4 Å². The third kappa shape index (κ3) is 7.86. The average molecular weight is 516 g/mol. The first-order valence-corrected chi connectivity index (χ1v) is 10.6. The summed E-state index contributed by atoms with van der Waals surface area (Å²) < 4.78 is 50.8. The molecular formula is C17H27F2IN4O2S. The topological polar surface area (TPSA) is 73.8 Å². The van der Waals surface area contributed by atoms with Crippen LogP contribution >= 0.6 is 24.0 Å². The molecule has 1 aromatic carbocycles. The molecule has 154 valence electrons. The molecule has 0 aliphatic carbocycles. The van der Waals surface area contributed by atoms with Gasteiger partial charge in [-0.1, -0.05) is 6.07 Å². The van der Waals surface area contributed by atoms with E-state index in [4.69, 9.17) is 0 Å². The third-order valence-electron chi connectivity index (χ3n) is 4.35. The van der Waals surface area contributed by atoms with Crippen molar-refractivity contribution in [1.82, 2.24) is 14.9 Å². The zero-order valence-electron chi connectivity index (χ0n) is 15.5. The van der Waals surface area contributed by atoms with Crippen molar-refractivity contribution < 1.29 is 17.2 Å². The molecule has 10 heteroatoms. The van der Waals surface area contributed by atoms with E-state index in [1.165, 1.54) is 16.6 Å². The van der Waals surface area contributed by atoms with Gasteiger partial charge in [-0.3, -0.25) is 0 Å². The fourth-order valence-electron chi connectivity index (χ4n) is 2.84. The highest BCUT2D eigenvalue weighted by Crippen LogP contribution is 2.18. The van der Waals surface area contributed by atoms with Crippen molar-refractivity contribution in [3.05, 3.63) is 35.4 Å². The number of benzene rings is 1. The summed E-state index contributed by atoms with van der Waals surface area (Å²) in [6.07, 6.45) is 2.82. The number of aliphatic imine (C=N–C) groups is 1. The van der Waals surface area contributed by atoms with Gasteiger partial charge in [0.2, 0.25) is 10.0 Å². The molecule has 1 aliphatic rings. The molecule has 27 heavy (non-hydrogen) atoms. The van der Waals surface area contributed by atoms with Gasteiger partial charge in [0.1, 0.15) is 0 Å². The molecule has 2 rings (SSSR count). The molecule has 0 bridgehead atoms. The van der Waals surface area contributed by atoms with Gasteiger partial charge in [-0.25, -0.2) is 26.5 Å². The summed E-state index contributed by atoms with van der Waals surface area (Å²) in [5, 5.41) is 6.36. The van der Waals surface area contributed by atoms with Crippen molar-refractivity contribution >= 4 is 40.0 Å². The summed E-state index contributed by atoms with van der Waals surface area (Å²) in [7, 11) is -3.12. The number of nitrogens with one attached hydrogen (secondary N) is 2. The molecule has 1 aliphatic heterocycles. The molecule has 0 radical (unpaired) electrons. The molecule has 0 unspecified atom stereocenters. The summed E-state index contributed by atoms with van der Waals surface area (Å²) in [4.78, 5) is 4.39. The second-order valence-corrected chi connectivity index (χ2v) is 8.41. The second kappa shape index (κ2) is 11.1. The molecule has 0 saturated carbocycles. The van der Waals surface area contributed by atoms with Crippen LogP contribution in [0.15, 0.2) is 23.2 Å². The van der Waals surface area contributed by atoms with Gasteiger partial charge in [0.15, 0.2) is 17.6 Å². The van der Waals surface area contributed by atoms with Crippen molar-refractivity contribution in [2.45, 2.75) is 26.3 Å². The number of hydrogen-bond acceptors (Lipinski definition) is 3. The predicted molar refractivity (Wildman–Crippen MR) is 114 cm³/mol. The van der Waals surface area contributed by atoms with E-state index in [-0.39, 0.29) is 30.5 Å². The Bertz CT molecular complexity index is 738. The number of nitrogens with zero attached hydrogens (tertiary/aromatic N) is 2. The van der Waals surface area contributed by atoms with E-state index in [1.807, 2.05) is 6.92 Å². The monoisotopic (exact) mass is 516 g/mol. The highest BCUT2D eigenvalue weighted by molar-refractivity contribution is 14.0. The van der Waals surface area contributed by atoms with Crippen molar-refractivity contribution in [2.75, 3.05) is 32.4 Å². The first-order chi connectivity index (χ1) is 12.3. The number of sulfonamides is 1. The lowest BCUT2D eigenvalue weighted by molar-refractivity contribution is 0.275. The first kappa shape index (κ1) is 24.0. The van der Waals surface area contributed by atoms with E-state index in [1.54, 1.807) is 0 Å². The molecule has 0 spiro atoms. The average Bonchev–Trinajstić information content (AvgIpc) is 2.60. The van der Waals surface area contributed by atoms with Crippen molar-refractivity contribution in [1.29, 1.82) is 0 Å². The van der Waals surface area contributed by atoms with E-state index in [9.17, 15) is 17.2 Å². The van der Waals surface area contributed by atoms with Crippen LogP contribution in [0.2, 0.25) is 0 Å². The fourth-order valence-corrected chi connectivity index (χ4v) is 3.71. The van der Waals surface area contributed by atoms with E-state index in [0.717, 1.165) is 25.0 Å². The van der Waals surface area contributed by atoms with Crippen LogP contribution in [0.1, 0.15) is 25.3 Å². The van der Waals surface area contributed by atoms with Crippen LogP contribution in [0.3, 0.4) is 0 Å². The Hall–Kier alpha value is -1.01. The van der Waals surface area contributed by atoms with E-state index < -0.39 is 21.7 Å². The summed E-state index contributed by atoms with van der Waals surface area (Å²) in [6.45, 7) is 4.61. The van der Waals surface area contributed by atoms with Crippen molar-refractivity contribution in [3.63, 3.8) is 0 Å². The Balaban J connectivity index is 0.00000364. The van der Waals surface area contributed by atoms with Gasteiger partial charge in [0.05, 0.1) is 12.8 Å². The minimum absolute atomic E-state index is 0. The number of piperidine rings is 1. The Morgan fingerprint density at radius 3 is 2.44 bits per heavy atom. The van der Waals surface area contributed by atoms with Gasteiger partial charge in [-0.15, -0.1) is 24.0 Å². The van der Waals surface area contributed by atoms with Gasteiger partial charge < -0.3 is 10.6 Å². The maximum absolute atomic E-state index is 13.3. The Morgan fingerprint density at radius 2 is 1.89 bits per heavy atom. The quantitative estimate of drug-likeness (QED) is 0.346. The molecule has 1 saturated heterocycles. The van der Waals surface area contributed by atoms with E-state index in [0.29, 0.717) is 43.6 Å². The zero-order valence-corrected chi connectivity index (χ0v) is 18.7. The van der Waals surface area contributed by atoms with Crippen LogP contribution in [0.5, 0.6) is 0 Å². The molecule has 2 N–H and O–H groups in total. The van der Waals surface area contributed by atoms with E-state index >= 15 is 0 Å². The molecule has 0 aromatic heterocycles. The number of hydrogen-bond donors (Lipinski definition) is 2. The normalized spacial score (nSPS) is 16.7. The van der Waals surface area contributed by atoms with Gasteiger partial charge in [-0.2, -0.15) is 0 Å². The van der Waals surface area contributed by atoms with Gasteiger partial charge in [0.25, 0.3) is 0 Å². The van der Waals surface area contributed by atoms with Crippen LogP contribution in [0.25, 0.3) is 0 Å². The highest BCUT2D eigenvalue weighted by atomic mass is 127. The molecule has 6 nitrogen and oxygen atoms in total. The van der Waals surface area contributed by atoms with E-state index in [2.05, 4.69) is 15.6 Å². The summed E-state index contributed by atoms with van der Waals surface area (Å²) >= 11 is 0. The summed E-state index contributed by atoms with van der Waals surface area (Å²) in [6, 6.07) is 3.74. The highest BCUT2D eigenvalue weighted by Gasteiger charge is 2.24. The van der Waals surface area contributed by atoms with Crippen molar-refractivity contribution in [3.8, 4) is 0 Å². The molecule has 0 amide bonds. The summed E-state index contributed by atoms with van der Waals surface area (Å²) in [5.74, 6) is -0.792. The molecular weight excluding hydrogens is 489 g/mol. The Labute approximate surface area is 176 Å². The predicted octanol–water partition coefficient (Wildman–Crippen LogP) is 2.31. The largest absolute Gasteiger partial charge is 0.357 e. The summed E-state index contributed by atoms with van der Waals surface area (Å²) in [5.41, 5.74) is 0.586. The SMILES string of the molecule is CCNC(=NCc1ccc(F)c(F)c1)NCC1CCN(S(C)(=O)=O)CC1.I.